The predicted molar refractivity (Wildman–Crippen MR) is 93.8 cm³/mol. The van der Waals surface area contributed by atoms with Crippen molar-refractivity contribution in [2.75, 3.05) is 0 Å². The van der Waals surface area contributed by atoms with Crippen LogP contribution < -0.4 is 11.1 Å². The van der Waals surface area contributed by atoms with Crippen molar-refractivity contribution in [3.63, 3.8) is 0 Å². The lowest BCUT2D eigenvalue weighted by Gasteiger charge is -2.19. The van der Waals surface area contributed by atoms with Crippen LogP contribution in [0, 0.1) is 0 Å². The van der Waals surface area contributed by atoms with E-state index in [4.69, 9.17) is 34.3 Å². The highest BCUT2D eigenvalue weighted by Gasteiger charge is 2.19. The maximum atomic E-state index is 11.8. The number of carbonyl (C=O) groups is 1. The summed E-state index contributed by atoms with van der Waals surface area (Å²) in [5.41, 5.74) is 7.31. The van der Waals surface area contributed by atoms with Gasteiger partial charge in [-0.25, -0.2) is 4.79 Å². The number of halogens is 2. The smallest absolute Gasteiger partial charge is 0.412 e. The Hall–Kier alpha value is -0.600. The third-order valence-corrected chi connectivity index (χ3v) is 3.79. The normalized spacial score (nSPS) is 17.4. The van der Waals surface area contributed by atoms with Crippen LogP contribution in [0.3, 0.4) is 0 Å². The van der Waals surface area contributed by atoms with Gasteiger partial charge in [-0.15, -0.1) is 0 Å². The van der Waals surface area contributed by atoms with Gasteiger partial charge in [0.2, 0.25) is 0 Å². The van der Waals surface area contributed by atoms with Gasteiger partial charge in [-0.3, -0.25) is 5.32 Å². The molecule has 1 aliphatic rings. The Morgan fingerprint density at radius 3 is 2.65 bits per heavy atom. The summed E-state index contributed by atoms with van der Waals surface area (Å²) >= 11 is 13.0. The van der Waals surface area contributed by atoms with Gasteiger partial charge in [-0.2, -0.15) is 0 Å². The van der Waals surface area contributed by atoms with Gasteiger partial charge in [0.15, 0.2) is 0 Å². The number of allylic oxidation sites excluding steroid dienone is 4. The number of alkyl carbamates (subject to hydrolysis) is 1. The fourth-order valence-electron chi connectivity index (χ4n) is 1.68. The molecule has 1 aliphatic carbocycles. The predicted octanol–water partition coefficient (Wildman–Crippen LogP) is 3.90. The number of amides is 1. The molecule has 0 saturated carbocycles. The lowest BCUT2D eigenvalue weighted by molar-refractivity contribution is 0.126. The van der Waals surface area contributed by atoms with Crippen LogP contribution in [-0.2, 0) is 4.74 Å². The third kappa shape index (κ3) is 5.06. The molecule has 0 aromatic heterocycles. The zero-order valence-corrected chi connectivity index (χ0v) is 14.9. The van der Waals surface area contributed by atoms with E-state index < -0.39 is 12.2 Å². The topological polar surface area (TPSA) is 64.3 Å². The van der Waals surface area contributed by atoms with Crippen LogP contribution in [0.5, 0.6) is 0 Å². The van der Waals surface area contributed by atoms with E-state index in [1.807, 2.05) is 34.7 Å². The fourth-order valence-corrected chi connectivity index (χ4v) is 2.79. The maximum Gasteiger partial charge on any atom is 0.412 e. The molecule has 0 heterocycles. The van der Waals surface area contributed by atoms with Crippen molar-refractivity contribution in [1.82, 2.24) is 5.32 Å². The number of ether oxygens (including phenoxy) is 1. The summed E-state index contributed by atoms with van der Waals surface area (Å²) in [6.45, 7) is 3.43. The van der Waals surface area contributed by atoms with E-state index in [9.17, 15) is 4.79 Å². The van der Waals surface area contributed by atoms with Crippen LogP contribution in [0.25, 0.3) is 0 Å². The second kappa shape index (κ2) is 7.99. The summed E-state index contributed by atoms with van der Waals surface area (Å²) in [7, 11) is 0. The Bertz CT molecular complexity index is 511. The minimum Gasteiger partial charge on any atom is -0.441 e. The van der Waals surface area contributed by atoms with Crippen LogP contribution in [-0.4, -0.2) is 15.1 Å². The quantitative estimate of drug-likeness (QED) is 0.310. The largest absolute Gasteiger partial charge is 0.441 e. The van der Waals surface area contributed by atoms with Crippen molar-refractivity contribution < 1.29 is 9.53 Å². The molecule has 0 bridgehead atoms. The number of hydrogen-bond donors (Lipinski definition) is 2. The molecule has 0 spiro atoms. The summed E-state index contributed by atoms with van der Waals surface area (Å²) < 4.78 is 5.77. The Morgan fingerprint density at radius 1 is 1.55 bits per heavy atom. The van der Waals surface area contributed by atoms with Gasteiger partial charge < -0.3 is 10.5 Å². The van der Waals surface area contributed by atoms with E-state index in [-0.39, 0.29) is 0 Å². The molecule has 0 radical (unpaired) electrons. The molecule has 1 amide bonds. The molecule has 20 heavy (non-hydrogen) atoms. The van der Waals surface area contributed by atoms with Crippen molar-refractivity contribution in [2.24, 2.45) is 5.73 Å². The molecule has 0 unspecified atom stereocenters. The maximum absolute atomic E-state index is 11.8. The zero-order valence-electron chi connectivity index (χ0n) is 11.2. The van der Waals surface area contributed by atoms with Gasteiger partial charge in [0.1, 0.15) is 8.98 Å². The minimum absolute atomic E-state index is 0.400. The Labute approximate surface area is 142 Å². The molecule has 1 rings (SSSR count). The second-order valence-electron chi connectivity index (χ2n) is 4.29. The first-order valence-corrected chi connectivity index (χ1v) is 7.89. The number of nitrogens with two attached hydrogens (primary N) is 1. The highest BCUT2D eigenvalue weighted by molar-refractivity contribution is 14.1. The lowest BCUT2D eigenvalue weighted by atomic mass is 10.0. The molecular formula is C13H16ClIN2O2S. The summed E-state index contributed by atoms with van der Waals surface area (Å²) in [4.78, 5) is 11.8. The molecule has 0 aromatic carbocycles. The van der Waals surface area contributed by atoms with Crippen LogP contribution >= 0.6 is 46.4 Å². The van der Waals surface area contributed by atoms with Crippen molar-refractivity contribution in [3.8, 4) is 0 Å². The zero-order chi connectivity index (χ0) is 15.3. The first kappa shape index (κ1) is 17.5. The standard InChI is InChI=1S/C13H16ClIN2O2S/c1-7(16)11(12(15)20)17-13(18)19-8(2)9-5-3-4-6-10(9)14/h5-6,8H,3-4,16H2,1-2H3,(H,17,18)/t8-/m1/s1. The van der Waals surface area contributed by atoms with E-state index in [2.05, 4.69) is 5.32 Å². The second-order valence-corrected chi connectivity index (χ2v) is 6.92. The van der Waals surface area contributed by atoms with Gasteiger partial charge in [0, 0.05) is 16.3 Å². The van der Waals surface area contributed by atoms with E-state index in [0.717, 1.165) is 18.4 Å². The van der Waals surface area contributed by atoms with Crippen LogP contribution in [0.2, 0.25) is 0 Å². The molecule has 4 nitrogen and oxygen atoms in total. The van der Waals surface area contributed by atoms with E-state index in [0.29, 0.717) is 19.3 Å². The van der Waals surface area contributed by atoms with Crippen molar-refractivity contribution >= 4 is 55.4 Å². The molecule has 0 fully saturated rings. The Morgan fingerprint density at radius 2 is 2.15 bits per heavy atom. The summed E-state index contributed by atoms with van der Waals surface area (Å²) in [5, 5.41) is 3.19. The summed E-state index contributed by atoms with van der Waals surface area (Å²) in [6, 6.07) is 0. The Kier molecular flexibility index (Phi) is 6.97. The van der Waals surface area contributed by atoms with E-state index in [1.54, 1.807) is 13.8 Å². The number of thiocarbonyl (C=S) groups is 1. The van der Waals surface area contributed by atoms with Gasteiger partial charge in [-0.05, 0) is 49.3 Å². The Balaban J connectivity index is 2.67. The lowest BCUT2D eigenvalue weighted by Crippen LogP contribution is -2.31. The third-order valence-electron chi connectivity index (χ3n) is 2.67. The monoisotopic (exact) mass is 426 g/mol. The van der Waals surface area contributed by atoms with Gasteiger partial charge in [0.05, 0.1) is 5.70 Å². The van der Waals surface area contributed by atoms with Crippen molar-refractivity contribution in [1.29, 1.82) is 0 Å². The molecule has 1 atom stereocenters. The molecule has 0 aliphatic heterocycles. The molecule has 0 saturated heterocycles. The first-order valence-electron chi connectivity index (χ1n) is 6.02. The first-order chi connectivity index (χ1) is 9.32. The number of rotatable bonds is 4. The number of hydrogen-bond acceptors (Lipinski definition) is 4. The van der Waals surface area contributed by atoms with Crippen LogP contribution in [0.1, 0.15) is 26.7 Å². The molecule has 7 heteroatoms. The number of carbonyl (C=O) groups excluding carboxylic acids is 1. The van der Waals surface area contributed by atoms with Crippen molar-refractivity contribution in [2.45, 2.75) is 32.8 Å². The van der Waals surface area contributed by atoms with Gasteiger partial charge in [0.25, 0.3) is 0 Å². The highest BCUT2D eigenvalue weighted by atomic mass is 127. The molecule has 0 aromatic rings. The number of nitrogens with one attached hydrogen (secondary N) is 1. The minimum atomic E-state index is -0.604. The fraction of sp³-hybridized carbons (Fsp3) is 0.385. The van der Waals surface area contributed by atoms with Gasteiger partial charge >= 0.3 is 6.09 Å². The average Bonchev–Trinajstić information content (AvgIpc) is 2.35. The molecule has 110 valence electrons. The molecule has 3 N–H and O–H groups in total. The highest BCUT2D eigenvalue weighted by Crippen LogP contribution is 2.26. The van der Waals surface area contributed by atoms with Crippen molar-refractivity contribution in [3.05, 3.63) is 34.2 Å². The van der Waals surface area contributed by atoms with Crippen LogP contribution in [0.4, 0.5) is 4.79 Å². The van der Waals surface area contributed by atoms with E-state index >= 15 is 0 Å². The SMILES string of the molecule is CC(N)=C(NC(=O)O[C@H](C)C1=CCCC=C1Cl)C(=S)I. The van der Waals surface area contributed by atoms with E-state index in [1.165, 1.54) is 0 Å². The van der Waals surface area contributed by atoms with Gasteiger partial charge in [-0.1, -0.05) is 36.0 Å². The molecular weight excluding hydrogens is 411 g/mol. The summed E-state index contributed by atoms with van der Waals surface area (Å²) in [6.07, 6.45) is 4.67. The average molecular weight is 427 g/mol. The van der Waals surface area contributed by atoms with Crippen LogP contribution in [0.15, 0.2) is 34.2 Å². The summed E-state index contributed by atoms with van der Waals surface area (Å²) in [5.74, 6) is 0.